The zero-order valence-electron chi connectivity index (χ0n) is 11.3. The van der Waals surface area contributed by atoms with Crippen molar-refractivity contribution in [2.24, 2.45) is 16.7 Å². The molecule has 0 amide bonds. The van der Waals surface area contributed by atoms with Gasteiger partial charge in [0.1, 0.15) is 6.29 Å². The van der Waals surface area contributed by atoms with E-state index in [1.165, 1.54) is 18.4 Å². The van der Waals surface area contributed by atoms with E-state index in [2.05, 4.69) is 43.6 Å². The largest absolute Gasteiger partial charge is 0.298 e. The second-order valence-electron chi connectivity index (χ2n) is 6.65. The van der Waals surface area contributed by atoms with Gasteiger partial charge in [-0.2, -0.15) is 0 Å². The van der Waals surface area contributed by atoms with Gasteiger partial charge in [0.25, 0.3) is 0 Å². The summed E-state index contributed by atoms with van der Waals surface area (Å²) < 4.78 is 0. The number of carbonyl (C=O) groups is 1. The molecule has 3 atom stereocenters. The molecule has 0 heterocycles. The van der Waals surface area contributed by atoms with Crippen LogP contribution in [0.3, 0.4) is 0 Å². The number of hydrogen-bond donors (Lipinski definition) is 0. The van der Waals surface area contributed by atoms with Gasteiger partial charge in [0, 0.05) is 4.83 Å². The minimum Gasteiger partial charge on any atom is -0.298 e. The third kappa shape index (κ3) is 1.83. The van der Waals surface area contributed by atoms with Crippen LogP contribution in [0.5, 0.6) is 0 Å². The maximum Gasteiger partial charge on any atom is 0.146 e. The molecule has 17 heavy (non-hydrogen) atoms. The number of rotatable bonds is 1. The van der Waals surface area contributed by atoms with Crippen molar-refractivity contribution in [1.29, 1.82) is 0 Å². The highest BCUT2D eigenvalue weighted by molar-refractivity contribution is 9.09. The smallest absolute Gasteiger partial charge is 0.146 e. The molecule has 1 nitrogen and oxygen atoms in total. The number of aldehydes is 1. The number of hydrogen-bond acceptors (Lipinski definition) is 1. The van der Waals surface area contributed by atoms with Crippen molar-refractivity contribution >= 4 is 22.2 Å². The van der Waals surface area contributed by atoms with E-state index in [1.54, 1.807) is 0 Å². The Bertz CT molecular complexity index is 369. The number of alkyl halides is 1. The van der Waals surface area contributed by atoms with Crippen LogP contribution in [0.25, 0.3) is 0 Å². The summed E-state index contributed by atoms with van der Waals surface area (Å²) in [7, 11) is 0. The first kappa shape index (κ1) is 13.3. The number of carbonyl (C=O) groups excluding carboxylic acids is 1. The van der Waals surface area contributed by atoms with E-state index >= 15 is 0 Å². The number of fused-ring (bicyclic) bond motifs is 1. The molecule has 2 heteroatoms. The van der Waals surface area contributed by atoms with Gasteiger partial charge in [0.15, 0.2) is 0 Å². The lowest BCUT2D eigenvalue weighted by Crippen LogP contribution is -2.50. The third-order valence-corrected chi connectivity index (χ3v) is 7.03. The van der Waals surface area contributed by atoms with Crippen LogP contribution in [-0.4, -0.2) is 11.1 Å². The summed E-state index contributed by atoms with van der Waals surface area (Å²) in [4.78, 5) is 12.0. The predicted molar refractivity (Wildman–Crippen MR) is 75.3 cm³/mol. The third-order valence-electron chi connectivity index (χ3n) is 5.39. The molecule has 0 N–H and O–H groups in total. The van der Waals surface area contributed by atoms with Crippen LogP contribution in [0, 0.1) is 16.7 Å². The fraction of sp³-hybridized carbons (Fsp3) is 0.800. The van der Waals surface area contributed by atoms with E-state index in [9.17, 15) is 4.79 Å². The van der Waals surface area contributed by atoms with E-state index in [4.69, 9.17) is 0 Å². The van der Waals surface area contributed by atoms with Crippen molar-refractivity contribution in [3.05, 3.63) is 11.1 Å². The van der Waals surface area contributed by atoms with E-state index in [1.807, 2.05) is 0 Å². The van der Waals surface area contributed by atoms with E-state index < -0.39 is 0 Å². The lowest BCUT2D eigenvalue weighted by molar-refractivity contribution is -0.107. The average Bonchev–Trinajstić information content (AvgIpc) is 2.24. The first-order chi connectivity index (χ1) is 7.84. The van der Waals surface area contributed by atoms with Gasteiger partial charge in [-0.05, 0) is 54.9 Å². The molecule has 2 aliphatic rings. The average molecular weight is 299 g/mol. The molecule has 0 aliphatic heterocycles. The first-order valence-corrected chi connectivity index (χ1v) is 7.55. The van der Waals surface area contributed by atoms with Crippen LogP contribution >= 0.6 is 15.9 Å². The van der Waals surface area contributed by atoms with Gasteiger partial charge in [-0.25, -0.2) is 0 Å². The molecule has 1 fully saturated rings. The highest BCUT2D eigenvalue weighted by atomic mass is 79.9. The van der Waals surface area contributed by atoms with Gasteiger partial charge >= 0.3 is 0 Å². The Morgan fingerprint density at radius 3 is 2.53 bits per heavy atom. The number of allylic oxidation sites excluding steroid dienone is 2. The monoisotopic (exact) mass is 298 g/mol. The highest BCUT2D eigenvalue weighted by Crippen LogP contribution is 2.60. The van der Waals surface area contributed by atoms with Crippen molar-refractivity contribution in [2.45, 2.75) is 58.2 Å². The maximum atomic E-state index is 11.5. The van der Waals surface area contributed by atoms with Crippen molar-refractivity contribution in [3.63, 3.8) is 0 Å². The van der Waals surface area contributed by atoms with Gasteiger partial charge in [-0.3, -0.25) is 4.79 Å². The summed E-state index contributed by atoms with van der Waals surface area (Å²) in [5.41, 5.74) is 2.81. The van der Waals surface area contributed by atoms with Crippen molar-refractivity contribution in [1.82, 2.24) is 0 Å². The highest BCUT2D eigenvalue weighted by Gasteiger charge is 2.53. The molecule has 0 spiro atoms. The van der Waals surface area contributed by atoms with Crippen LogP contribution in [0.1, 0.15) is 53.4 Å². The SMILES string of the molecule is CC1=C(C=O)[C@@]2(C)CC[C@H](Br)C(C)(C)[C@H]2CC1. The Morgan fingerprint density at radius 2 is 1.94 bits per heavy atom. The summed E-state index contributed by atoms with van der Waals surface area (Å²) in [6.07, 6.45) is 5.77. The topological polar surface area (TPSA) is 17.1 Å². The van der Waals surface area contributed by atoms with Crippen LogP contribution in [0.4, 0.5) is 0 Å². The van der Waals surface area contributed by atoms with Crippen LogP contribution in [0.15, 0.2) is 11.1 Å². The minimum atomic E-state index is 0.109. The molecular formula is C15H23BrO. The number of halogens is 1. The Morgan fingerprint density at radius 1 is 1.29 bits per heavy atom. The van der Waals surface area contributed by atoms with Crippen molar-refractivity contribution in [3.8, 4) is 0 Å². The zero-order chi connectivity index (χ0) is 12.8. The second-order valence-corrected chi connectivity index (χ2v) is 7.75. The van der Waals surface area contributed by atoms with Crippen molar-refractivity contribution < 1.29 is 4.79 Å². The quantitative estimate of drug-likeness (QED) is 0.514. The van der Waals surface area contributed by atoms with E-state index in [0.29, 0.717) is 10.7 Å². The summed E-state index contributed by atoms with van der Waals surface area (Å²) in [6.45, 7) is 9.16. The molecule has 0 aromatic heterocycles. The maximum absolute atomic E-state index is 11.5. The minimum absolute atomic E-state index is 0.109. The Hall–Kier alpha value is -0.110. The summed E-state index contributed by atoms with van der Waals surface area (Å²) >= 11 is 3.85. The molecule has 1 saturated carbocycles. The van der Waals surface area contributed by atoms with Gasteiger partial charge < -0.3 is 0 Å². The van der Waals surface area contributed by atoms with Gasteiger partial charge in [-0.1, -0.05) is 42.3 Å². The van der Waals surface area contributed by atoms with Crippen LogP contribution in [0.2, 0.25) is 0 Å². The summed E-state index contributed by atoms with van der Waals surface area (Å²) in [5, 5.41) is 0. The zero-order valence-corrected chi connectivity index (χ0v) is 12.9. The van der Waals surface area contributed by atoms with Crippen LogP contribution in [-0.2, 0) is 4.79 Å². The molecule has 0 aromatic rings. The molecule has 0 unspecified atom stereocenters. The van der Waals surface area contributed by atoms with Gasteiger partial charge in [0.05, 0.1) is 0 Å². The molecular weight excluding hydrogens is 276 g/mol. The molecule has 0 radical (unpaired) electrons. The predicted octanol–water partition coefficient (Wildman–Crippen LogP) is 4.50. The standard InChI is InChI=1S/C15H23BrO/c1-10-5-6-12-14(2,3)13(16)7-8-15(12,4)11(10)9-17/h9,12-13H,5-8H2,1-4H3/t12-,13+,15-/m1/s1. The normalized spacial score (nSPS) is 41.0. The lowest BCUT2D eigenvalue weighted by Gasteiger charge is -2.56. The fourth-order valence-corrected chi connectivity index (χ4v) is 4.79. The Kier molecular flexibility index (Phi) is 3.31. The van der Waals surface area contributed by atoms with Gasteiger partial charge in [0.2, 0.25) is 0 Å². The fourth-order valence-electron chi connectivity index (χ4n) is 4.24. The molecule has 96 valence electrons. The Balaban J connectivity index is 2.48. The molecule has 0 bridgehead atoms. The molecule has 0 saturated heterocycles. The second kappa shape index (κ2) is 4.22. The first-order valence-electron chi connectivity index (χ1n) is 6.63. The van der Waals surface area contributed by atoms with E-state index in [-0.39, 0.29) is 10.8 Å². The van der Waals surface area contributed by atoms with Crippen LogP contribution < -0.4 is 0 Å². The van der Waals surface area contributed by atoms with Gasteiger partial charge in [-0.15, -0.1) is 0 Å². The summed E-state index contributed by atoms with van der Waals surface area (Å²) in [6, 6.07) is 0. The van der Waals surface area contributed by atoms with E-state index in [0.717, 1.165) is 24.7 Å². The lowest BCUT2D eigenvalue weighted by atomic mass is 9.50. The molecule has 0 aromatic carbocycles. The summed E-state index contributed by atoms with van der Waals surface area (Å²) in [5.74, 6) is 0.622. The Labute approximate surface area is 113 Å². The molecule has 2 aliphatic carbocycles. The molecule has 2 rings (SSSR count). The van der Waals surface area contributed by atoms with Crippen molar-refractivity contribution in [2.75, 3.05) is 0 Å².